The number of hydrogen-bond acceptors (Lipinski definition) is 3. The van der Waals surface area contributed by atoms with Gasteiger partial charge in [-0.25, -0.2) is 21.9 Å². The second kappa shape index (κ2) is 8.28. The van der Waals surface area contributed by atoms with Crippen molar-refractivity contribution in [1.82, 2.24) is 4.72 Å². The van der Waals surface area contributed by atoms with Gasteiger partial charge in [-0.05, 0) is 48.0 Å². The van der Waals surface area contributed by atoms with Crippen molar-refractivity contribution < 1.29 is 22.0 Å². The fraction of sp³-hybridized carbons (Fsp3) is 0.0500. The Bertz CT molecular complexity index is 1090. The van der Waals surface area contributed by atoms with Crippen LogP contribution in [0.3, 0.4) is 0 Å². The third kappa shape index (κ3) is 4.79. The highest BCUT2D eigenvalue weighted by atomic mass is 32.2. The number of amides is 1. The van der Waals surface area contributed by atoms with E-state index in [9.17, 15) is 22.0 Å². The maximum atomic E-state index is 13.2. The maximum absolute atomic E-state index is 13.2. The molecule has 0 fully saturated rings. The zero-order chi connectivity index (χ0) is 20.1. The highest BCUT2D eigenvalue weighted by Gasteiger charge is 2.14. The number of hydrogen-bond donors (Lipinski definition) is 2. The molecule has 8 heteroatoms. The van der Waals surface area contributed by atoms with Crippen molar-refractivity contribution in [2.45, 2.75) is 11.4 Å². The van der Waals surface area contributed by atoms with E-state index in [4.69, 9.17) is 0 Å². The first-order valence-electron chi connectivity index (χ1n) is 8.25. The number of benzene rings is 3. The molecule has 0 aliphatic rings. The summed E-state index contributed by atoms with van der Waals surface area (Å²) in [7, 11) is -3.72. The van der Waals surface area contributed by atoms with Crippen LogP contribution >= 0.6 is 0 Å². The van der Waals surface area contributed by atoms with Crippen molar-refractivity contribution in [3.8, 4) is 0 Å². The van der Waals surface area contributed by atoms with Crippen LogP contribution in [0.25, 0.3) is 0 Å². The van der Waals surface area contributed by atoms with Crippen LogP contribution < -0.4 is 10.0 Å². The Morgan fingerprint density at radius 1 is 0.857 bits per heavy atom. The van der Waals surface area contributed by atoms with E-state index >= 15 is 0 Å². The molecule has 0 aromatic heterocycles. The largest absolute Gasteiger partial charge is 0.322 e. The van der Waals surface area contributed by atoms with Crippen molar-refractivity contribution in [2.24, 2.45) is 0 Å². The molecule has 0 aliphatic heterocycles. The molecule has 0 spiro atoms. The van der Waals surface area contributed by atoms with E-state index in [-0.39, 0.29) is 17.0 Å². The summed E-state index contributed by atoms with van der Waals surface area (Å²) in [6.07, 6.45) is 0. The summed E-state index contributed by atoms with van der Waals surface area (Å²) in [5, 5.41) is 2.50. The number of carbonyl (C=O) groups excluding carboxylic acids is 1. The number of sulfonamides is 1. The van der Waals surface area contributed by atoms with E-state index in [1.54, 1.807) is 12.1 Å². The summed E-state index contributed by atoms with van der Waals surface area (Å²) >= 11 is 0. The predicted octanol–water partition coefficient (Wildman–Crippen LogP) is 3.70. The fourth-order valence-corrected chi connectivity index (χ4v) is 3.43. The van der Waals surface area contributed by atoms with Gasteiger partial charge in [0.15, 0.2) is 11.6 Å². The number of anilines is 1. The minimum absolute atomic E-state index is 0.0363. The minimum Gasteiger partial charge on any atom is -0.322 e. The van der Waals surface area contributed by atoms with Crippen molar-refractivity contribution in [3.05, 3.63) is 95.6 Å². The Labute approximate surface area is 161 Å². The van der Waals surface area contributed by atoms with Gasteiger partial charge in [0.1, 0.15) is 0 Å². The van der Waals surface area contributed by atoms with Crippen LogP contribution in [-0.4, -0.2) is 14.3 Å². The quantitative estimate of drug-likeness (QED) is 0.660. The monoisotopic (exact) mass is 402 g/mol. The molecule has 5 nitrogen and oxygen atoms in total. The summed E-state index contributed by atoms with van der Waals surface area (Å²) in [5.41, 5.74) is 1.08. The van der Waals surface area contributed by atoms with Crippen LogP contribution in [0, 0.1) is 11.6 Å². The molecule has 0 saturated heterocycles. The van der Waals surface area contributed by atoms with Gasteiger partial charge < -0.3 is 5.32 Å². The van der Waals surface area contributed by atoms with E-state index in [0.29, 0.717) is 5.69 Å². The summed E-state index contributed by atoms with van der Waals surface area (Å²) in [5.74, 6) is -2.82. The smallest absolute Gasteiger partial charge is 0.255 e. The molecule has 0 saturated carbocycles. The van der Waals surface area contributed by atoms with Crippen LogP contribution in [0.15, 0.2) is 77.7 Å². The van der Waals surface area contributed by atoms with Crippen molar-refractivity contribution in [2.75, 3.05) is 5.32 Å². The average Bonchev–Trinajstić information content (AvgIpc) is 2.70. The lowest BCUT2D eigenvalue weighted by atomic mass is 10.2. The molecular weight excluding hydrogens is 386 g/mol. The molecule has 0 heterocycles. The highest BCUT2D eigenvalue weighted by Crippen LogP contribution is 2.16. The van der Waals surface area contributed by atoms with E-state index in [1.165, 1.54) is 24.3 Å². The van der Waals surface area contributed by atoms with E-state index < -0.39 is 27.6 Å². The molecule has 28 heavy (non-hydrogen) atoms. The average molecular weight is 402 g/mol. The van der Waals surface area contributed by atoms with Crippen LogP contribution in [0.1, 0.15) is 15.9 Å². The molecular formula is C20H16F2N2O3S. The standard InChI is InChI=1S/C20H16F2N2O3S/c21-18-11-6-15(12-19(18)22)20(25)24-16-7-9-17(10-8-16)28(26,27)23-13-14-4-2-1-3-5-14/h1-12,23H,13H2,(H,24,25). The van der Waals surface area contributed by atoms with Gasteiger partial charge in [-0.2, -0.15) is 0 Å². The van der Waals surface area contributed by atoms with E-state index in [2.05, 4.69) is 10.0 Å². The molecule has 0 radical (unpaired) electrons. The van der Waals surface area contributed by atoms with Gasteiger partial charge in [0.25, 0.3) is 5.91 Å². The summed E-state index contributed by atoms with van der Waals surface area (Å²) in [6.45, 7) is 0.151. The van der Waals surface area contributed by atoms with Crippen LogP contribution in [-0.2, 0) is 16.6 Å². The molecule has 1 amide bonds. The molecule has 0 atom stereocenters. The number of halogens is 2. The summed E-state index contributed by atoms with van der Waals surface area (Å²) in [6, 6.07) is 17.4. The van der Waals surface area contributed by atoms with Crippen molar-refractivity contribution in [3.63, 3.8) is 0 Å². The topological polar surface area (TPSA) is 75.3 Å². The summed E-state index contributed by atoms with van der Waals surface area (Å²) < 4.78 is 53.4. The lowest BCUT2D eigenvalue weighted by Crippen LogP contribution is -2.23. The van der Waals surface area contributed by atoms with Crippen molar-refractivity contribution >= 4 is 21.6 Å². The zero-order valence-electron chi connectivity index (χ0n) is 14.5. The lowest BCUT2D eigenvalue weighted by Gasteiger charge is -2.09. The van der Waals surface area contributed by atoms with Crippen LogP contribution in [0.4, 0.5) is 14.5 Å². The first-order chi connectivity index (χ1) is 13.3. The molecule has 2 N–H and O–H groups in total. The normalized spacial score (nSPS) is 11.2. The van der Waals surface area contributed by atoms with E-state index in [1.807, 2.05) is 18.2 Å². The predicted molar refractivity (Wildman–Crippen MR) is 101 cm³/mol. The first-order valence-corrected chi connectivity index (χ1v) is 9.73. The molecule has 144 valence electrons. The molecule has 3 rings (SSSR count). The SMILES string of the molecule is O=C(Nc1ccc(S(=O)(=O)NCc2ccccc2)cc1)c1ccc(F)c(F)c1. The second-order valence-corrected chi connectivity index (χ2v) is 7.68. The third-order valence-electron chi connectivity index (χ3n) is 3.91. The number of rotatable bonds is 6. The van der Waals surface area contributed by atoms with Crippen molar-refractivity contribution in [1.29, 1.82) is 0 Å². The van der Waals surface area contributed by atoms with E-state index in [0.717, 1.165) is 23.8 Å². The lowest BCUT2D eigenvalue weighted by molar-refractivity contribution is 0.102. The van der Waals surface area contributed by atoms with Gasteiger partial charge in [0.2, 0.25) is 10.0 Å². The second-order valence-electron chi connectivity index (χ2n) is 5.92. The molecule has 3 aromatic carbocycles. The Morgan fingerprint density at radius 3 is 2.18 bits per heavy atom. The summed E-state index contributed by atoms with van der Waals surface area (Å²) in [4.78, 5) is 12.1. The molecule has 0 aliphatic carbocycles. The van der Waals surface area contributed by atoms with Gasteiger partial charge in [-0.15, -0.1) is 0 Å². The highest BCUT2D eigenvalue weighted by molar-refractivity contribution is 7.89. The van der Waals surface area contributed by atoms with Gasteiger partial charge in [0, 0.05) is 17.8 Å². The van der Waals surface area contributed by atoms with Gasteiger partial charge in [-0.3, -0.25) is 4.79 Å². The molecule has 0 bridgehead atoms. The Kier molecular flexibility index (Phi) is 5.81. The Hall–Kier alpha value is -3.10. The zero-order valence-corrected chi connectivity index (χ0v) is 15.3. The Balaban J connectivity index is 1.66. The van der Waals surface area contributed by atoms with Gasteiger partial charge in [-0.1, -0.05) is 30.3 Å². The van der Waals surface area contributed by atoms with Gasteiger partial charge in [0.05, 0.1) is 4.90 Å². The maximum Gasteiger partial charge on any atom is 0.255 e. The van der Waals surface area contributed by atoms with Gasteiger partial charge >= 0.3 is 0 Å². The minimum atomic E-state index is -3.72. The first kappa shape index (κ1) is 19.7. The third-order valence-corrected chi connectivity index (χ3v) is 5.33. The fourth-order valence-electron chi connectivity index (χ4n) is 2.42. The van der Waals surface area contributed by atoms with Crippen LogP contribution in [0.5, 0.6) is 0 Å². The molecule has 0 unspecified atom stereocenters. The number of carbonyl (C=O) groups is 1. The molecule has 3 aromatic rings. The van der Waals surface area contributed by atoms with Crippen LogP contribution in [0.2, 0.25) is 0 Å². The Morgan fingerprint density at radius 2 is 1.54 bits per heavy atom. The number of nitrogens with one attached hydrogen (secondary N) is 2.